The zero-order chi connectivity index (χ0) is 18.6. The Bertz CT molecular complexity index is 1010. The van der Waals surface area contributed by atoms with Crippen LogP contribution >= 0.6 is 0 Å². The fourth-order valence-corrected chi connectivity index (χ4v) is 3.04. The Morgan fingerprint density at radius 2 is 2.04 bits per heavy atom. The molecule has 0 unspecified atom stereocenters. The van der Waals surface area contributed by atoms with E-state index in [2.05, 4.69) is 27.8 Å². The second-order valence-electron chi connectivity index (χ2n) is 6.61. The summed E-state index contributed by atoms with van der Waals surface area (Å²) in [4.78, 5) is 0. The number of benzene rings is 1. The topological polar surface area (TPSA) is 68.2 Å². The van der Waals surface area contributed by atoms with E-state index in [9.17, 15) is 4.39 Å². The molecule has 3 heterocycles. The highest BCUT2D eigenvalue weighted by Gasteiger charge is 2.11. The number of nitrogens with one attached hydrogen (secondary N) is 1. The molecule has 27 heavy (non-hydrogen) atoms. The maximum atomic E-state index is 13.2. The van der Waals surface area contributed by atoms with Crippen molar-refractivity contribution in [1.29, 1.82) is 0 Å². The van der Waals surface area contributed by atoms with Crippen LogP contribution in [-0.2, 0) is 13.0 Å². The van der Waals surface area contributed by atoms with Crippen molar-refractivity contribution in [3.8, 4) is 11.1 Å². The van der Waals surface area contributed by atoms with E-state index in [1.165, 1.54) is 12.1 Å². The van der Waals surface area contributed by atoms with Crippen molar-refractivity contribution in [1.82, 2.24) is 25.4 Å². The Labute approximate surface area is 156 Å². The maximum absolute atomic E-state index is 13.2. The lowest BCUT2D eigenvalue weighted by molar-refractivity contribution is 0.460. The molecule has 0 spiro atoms. The number of tetrazole rings is 1. The molecule has 3 aromatic heterocycles. The Kier molecular flexibility index (Phi) is 4.93. The summed E-state index contributed by atoms with van der Waals surface area (Å²) in [5.41, 5.74) is 3.56. The van der Waals surface area contributed by atoms with E-state index >= 15 is 0 Å². The summed E-state index contributed by atoms with van der Waals surface area (Å²) in [6.07, 6.45) is 5.40. The van der Waals surface area contributed by atoms with Crippen molar-refractivity contribution in [3.05, 3.63) is 72.1 Å². The van der Waals surface area contributed by atoms with Crippen molar-refractivity contribution in [2.75, 3.05) is 0 Å². The monoisotopic (exact) mass is 365 g/mol. The van der Waals surface area contributed by atoms with E-state index in [0.717, 1.165) is 35.3 Å². The van der Waals surface area contributed by atoms with Gasteiger partial charge in [0.1, 0.15) is 11.6 Å². The molecule has 138 valence electrons. The first kappa shape index (κ1) is 17.4. The first-order valence-corrected chi connectivity index (χ1v) is 8.91. The fourth-order valence-electron chi connectivity index (χ4n) is 3.04. The largest absolute Gasteiger partial charge is 0.469 e. The van der Waals surface area contributed by atoms with Gasteiger partial charge in [0.25, 0.3) is 0 Å². The van der Waals surface area contributed by atoms with Crippen LogP contribution in [0, 0.1) is 5.82 Å². The third-order valence-electron chi connectivity index (χ3n) is 4.59. The van der Waals surface area contributed by atoms with Crippen molar-refractivity contribution in [3.63, 3.8) is 0 Å². The van der Waals surface area contributed by atoms with Gasteiger partial charge in [0, 0.05) is 36.3 Å². The van der Waals surface area contributed by atoms with E-state index < -0.39 is 0 Å². The third kappa shape index (κ3) is 4.03. The highest BCUT2D eigenvalue weighted by Crippen LogP contribution is 2.22. The lowest BCUT2D eigenvalue weighted by Gasteiger charge is -2.14. The SMILES string of the molecule is C[C@H](CCc1ccco1)NCc1cc(-c2ccc(F)cc2)cn2nnnc12. The van der Waals surface area contributed by atoms with Gasteiger partial charge in [-0.25, -0.2) is 4.39 Å². The number of rotatable bonds is 7. The van der Waals surface area contributed by atoms with Gasteiger partial charge in [0.15, 0.2) is 5.65 Å². The average Bonchev–Trinajstić information content (AvgIpc) is 3.36. The van der Waals surface area contributed by atoms with Gasteiger partial charge < -0.3 is 9.73 Å². The smallest absolute Gasteiger partial charge is 0.183 e. The van der Waals surface area contributed by atoms with E-state index in [0.29, 0.717) is 18.2 Å². The van der Waals surface area contributed by atoms with Crippen molar-refractivity contribution in [2.24, 2.45) is 0 Å². The second kappa shape index (κ2) is 7.67. The van der Waals surface area contributed by atoms with Crippen LogP contribution in [0.2, 0.25) is 0 Å². The molecule has 0 bridgehead atoms. The predicted molar refractivity (Wildman–Crippen MR) is 99.5 cm³/mol. The number of aryl methyl sites for hydroxylation is 1. The Morgan fingerprint density at radius 3 is 2.81 bits per heavy atom. The Hall–Kier alpha value is -3.06. The van der Waals surface area contributed by atoms with Gasteiger partial charge in [-0.05, 0) is 59.7 Å². The van der Waals surface area contributed by atoms with Gasteiger partial charge >= 0.3 is 0 Å². The van der Waals surface area contributed by atoms with E-state index in [1.807, 2.05) is 24.4 Å². The van der Waals surface area contributed by atoms with Gasteiger partial charge in [-0.1, -0.05) is 12.1 Å². The number of furan rings is 1. The molecule has 0 saturated carbocycles. The van der Waals surface area contributed by atoms with Gasteiger partial charge in [-0.3, -0.25) is 0 Å². The number of halogens is 1. The molecule has 6 nitrogen and oxygen atoms in total. The number of hydrogen-bond donors (Lipinski definition) is 1. The first-order valence-electron chi connectivity index (χ1n) is 8.91. The number of pyridine rings is 1. The summed E-state index contributed by atoms with van der Waals surface area (Å²) in [5.74, 6) is 0.737. The van der Waals surface area contributed by atoms with Gasteiger partial charge in [-0.2, -0.15) is 4.52 Å². The summed E-state index contributed by atoms with van der Waals surface area (Å²) in [6.45, 7) is 2.78. The molecule has 4 rings (SSSR count). The van der Waals surface area contributed by atoms with Gasteiger partial charge in [-0.15, -0.1) is 5.10 Å². The Balaban J connectivity index is 1.50. The minimum absolute atomic E-state index is 0.255. The standard InChI is InChI=1S/C20H20FN5O/c1-14(4-9-19-3-2-10-27-19)22-12-16-11-17(13-26-20(16)23-24-25-26)15-5-7-18(21)8-6-15/h2-3,5-8,10-11,13-14,22H,4,9,12H2,1H3/t14-/m1/s1. The van der Waals surface area contributed by atoms with Crippen LogP contribution in [0.3, 0.4) is 0 Å². The summed E-state index contributed by atoms with van der Waals surface area (Å²) in [6, 6.07) is 12.7. The molecule has 7 heteroatoms. The fraction of sp³-hybridized carbons (Fsp3) is 0.250. The molecule has 1 atom stereocenters. The van der Waals surface area contributed by atoms with E-state index in [-0.39, 0.29) is 5.82 Å². The van der Waals surface area contributed by atoms with E-state index in [1.54, 1.807) is 22.9 Å². The average molecular weight is 365 g/mol. The maximum Gasteiger partial charge on any atom is 0.183 e. The lowest BCUT2D eigenvalue weighted by atomic mass is 10.1. The zero-order valence-electron chi connectivity index (χ0n) is 15.0. The molecular weight excluding hydrogens is 345 g/mol. The number of aromatic nitrogens is 4. The molecule has 0 fully saturated rings. The number of hydrogen-bond acceptors (Lipinski definition) is 5. The zero-order valence-corrected chi connectivity index (χ0v) is 15.0. The summed E-state index contributed by atoms with van der Waals surface area (Å²) in [5, 5.41) is 15.4. The molecule has 4 aromatic rings. The van der Waals surface area contributed by atoms with Gasteiger partial charge in [0.2, 0.25) is 0 Å². The Morgan fingerprint density at radius 1 is 1.19 bits per heavy atom. The molecule has 0 aliphatic heterocycles. The highest BCUT2D eigenvalue weighted by molar-refractivity contribution is 5.66. The minimum atomic E-state index is -0.255. The minimum Gasteiger partial charge on any atom is -0.469 e. The van der Waals surface area contributed by atoms with Gasteiger partial charge in [0.05, 0.1) is 6.26 Å². The summed E-state index contributed by atoms with van der Waals surface area (Å²) in [7, 11) is 0. The summed E-state index contributed by atoms with van der Waals surface area (Å²) >= 11 is 0. The van der Waals surface area contributed by atoms with Crippen molar-refractivity contribution < 1.29 is 8.81 Å². The van der Waals surface area contributed by atoms with Crippen LogP contribution in [0.25, 0.3) is 16.8 Å². The predicted octanol–water partition coefficient (Wildman–Crippen LogP) is 3.63. The lowest BCUT2D eigenvalue weighted by Crippen LogP contribution is -2.26. The van der Waals surface area contributed by atoms with Crippen molar-refractivity contribution in [2.45, 2.75) is 32.4 Å². The number of nitrogens with zero attached hydrogens (tertiary/aromatic N) is 4. The molecule has 1 aromatic carbocycles. The normalized spacial score (nSPS) is 12.5. The summed E-state index contributed by atoms with van der Waals surface area (Å²) < 4.78 is 20.3. The first-order chi connectivity index (χ1) is 13.2. The molecule has 0 aliphatic rings. The molecule has 0 saturated heterocycles. The van der Waals surface area contributed by atoms with Crippen molar-refractivity contribution >= 4 is 5.65 Å². The van der Waals surface area contributed by atoms with Crippen LogP contribution in [0.4, 0.5) is 4.39 Å². The molecular formula is C20H20FN5O. The molecule has 0 radical (unpaired) electrons. The quantitative estimate of drug-likeness (QED) is 0.542. The second-order valence-corrected chi connectivity index (χ2v) is 6.61. The van der Waals surface area contributed by atoms with E-state index in [4.69, 9.17) is 4.42 Å². The van der Waals surface area contributed by atoms with Crippen LogP contribution < -0.4 is 5.32 Å². The number of fused-ring (bicyclic) bond motifs is 1. The molecule has 0 amide bonds. The van der Waals surface area contributed by atoms with Crippen LogP contribution in [0.15, 0.2) is 59.3 Å². The van der Waals surface area contributed by atoms with Crippen LogP contribution in [-0.4, -0.2) is 26.1 Å². The molecule has 1 N–H and O–H groups in total. The highest BCUT2D eigenvalue weighted by atomic mass is 19.1. The van der Waals surface area contributed by atoms with Crippen LogP contribution in [0.5, 0.6) is 0 Å². The van der Waals surface area contributed by atoms with Crippen LogP contribution in [0.1, 0.15) is 24.7 Å². The molecule has 0 aliphatic carbocycles. The third-order valence-corrected chi connectivity index (χ3v) is 4.59.